The standard InChI is InChI=1S/C15H14N4O3S/c1-2-5-11(20)16-15-18-17-12(23-15)8-19-13(21)9-6-3-4-7-10(9)14(19)22/h3-4,6-7H,2,5,8H2,1H3,(H,16,18,20). The number of nitrogens with zero attached hydrogens (tertiary/aromatic N) is 3. The van der Waals surface area contributed by atoms with Gasteiger partial charge in [-0.2, -0.15) is 0 Å². The highest BCUT2D eigenvalue weighted by Crippen LogP contribution is 2.25. The molecule has 1 N–H and O–H groups in total. The van der Waals surface area contributed by atoms with Crippen LogP contribution in [0.4, 0.5) is 5.13 Å². The first-order valence-corrected chi connectivity index (χ1v) is 7.99. The van der Waals surface area contributed by atoms with Crippen LogP contribution < -0.4 is 5.32 Å². The van der Waals surface area contributed by atoms with E-state index in [2.05, 4.69) is 15.5 Å². The molecule has 23 heavy (non-hydrogen) atoms. The summed E-state index contributed by atoms with van der Waals surface area (Å²) in [5, 5.41) is 11.3. The zero-order valence-corrected chi connectivity index (χ0v) is 13.2. The molecule has 7 nitrogen and oxygen atoms in total. The van der Waals surface area contributed by atoms with E-state index in [1.165, 1.54) is 0 Å². The summed E-state index contributed by atoms with van der Waals surface area (Å²) in [7, 11) is 0. The molecule has 0 saturated heterocycles. The normalized spacial score (nSPS) is 13.3. The largest absolute Gasteiger partial charge is 0.301 e. The van der Waals surface area contributed by atoms with E-state index in [0.29, 0.717) is 27.7 Å². The lowest BCUT2D eigenvalue weighted by Crippen LogP contribution is -2.29. The molecule has 0 aliphatic carbocycles. The van der Waals surface area contributed by atoms with Gasteiger partial charge in [0.05, 0.1) is 17.7 Å². The highest BCUT2D eigenvalue weighted by molar-refractivity contribution is 7.15. The maximum Gasteiger partial charge on any atom is 0.261 e. The molecular formula is C15H14N4O3S. The molecule has 0 radical (unpaired) electrons. The molecule has 8 heteroatoms. The van der Waals surface area contributed by atoms with Crippen LogP contribution in [0.1, 0.15) is 45.5 Å². The van der Waals surface area contributed by atoms with Crippen LogP contribution in [0.2, 0.25) is 0 Å². The van der Waals surface area contributed by atoms with E-state index in [0.717, 1.165) is 22.7 Å². The first-order valence-electron chi connectivity index (χ1n) is 7.17. The van der Waals surface area contributed by atoms with Crippen molar-refractivity contribution < 1.29 is 14.4 Å². The molecule has 0 bridgehead atoms. The third-order valence-electron chi connectivity index (χ3n) is 3.36. The fraction of sp³-hybridized carbons (Fsp3) is 0.267. The zero-order chi connectivity index (χ0) is 16.4. The molecule has 0 saturated carbocycles. The molecule has 0 atom stereocenters. The van der Waals surface area contributed by atoms with E-state index >= 15 is 0 Å². The van der Waals surface area contributed by atoms with E-state index in [1.54, 1.807) is 24.3 Å². The lowest BCUT2D eigenvalue weighted by Gasteiger charge is -2.10. The van der Waals surface area contributed by atoms with E-state index in [9.17, 15) is 14.4 Å². The topological polar surface area (TPSA) is 92.3 Å². The number of aromatic nitrogens is 2. The molecule has 3 rings (SSSR count). The number of hydrogen-bond acceptors (Lipinski definition) is 6. The van der Waals surface area contributed by atoms with E-state index < -0.39 is 0 Å². The van der Waals surface area contributed by atoms with Gasteiger partial charge in [-0.3, -0.25) is 19.3 Å². The average molecular weight is 330 g/mol. The van der Waals surface area contributed by atoms with E-state index in [-0.39, 0.29) is 24.3 Å². The second-order valence-corrected chi connectivity index (χ2v) is 6.10. The zero-order valence-electron chi connectivity index (χ0n) is 12.4. The quantitative estimate of drug-likeness (QED) is 0.847. The van der Waals surface area contributed by atoms with Crippen molar-refractivity contribution in [3.8, 4) is 0 Å². The van der Waals surface area contributed by atoms with Gasteiger partial charge in [0.15, 0.2) is 0 Å². The van der Waals surface area contributed by atoms with Crippen molar-refractivity contribution in [1.29, 1.82) is 0 Å². The van der Waals surface area contributed by atoms with Gasteiger partial charge < -0.3 is 5.32 Å². The van der Waals surface area contributed by atoms with Crippen molar-refractivity contribution in [3.63, 3.8) is 0 Å². The van der Waals surface area contributed by atoms with E-state index in [4.69, 9.17) is 0 Å². The number of imide groups is 1. The number of anilines is 1. The van der Waals surface area contributed by atoms with Gasteiger partial charge in [0, 0.05) is 6.42 Å². The Morgan fingerprint density at radius 1 is 1.17 bits per heavy atom. The number of benzene rings is 1. The molecule has 0 unspecified atom stereocenters. The molecule has 1 aromatic carbocycles. The van der Waals surface area contributed by atoms with Crippen LogP contribution >= 0.6 is 11.3 Å². The first kappa shape index (κ1) is 15.3. The van der Waals surface area contributed by atoms with Crippen molar-refractivity contribution in [2.45, 2.75) is 26.3 Å². The summed E-state index contributed by atoms with van der Waals surface area (Å²) >= 11 is 1.16. The van der Waals surface area contributed by atoms with Gasteiger partial charge >= 0.3 is 0 Å². The molecule has 1 aliphatic heterocycles. The van der Waals surface area contributed by atoms with Crippen LogP contribution in [0.15, 0.2) is 24.3 Å². The highest BCUT2D eigenvalue weighted by atomic mass is 32.1. The molecule has 1 aromatic heterocycles. The van der Waals surface area contributed by atoms with Gasteiger partial charge in [-0.05, 0) is 18.6 Å². The minimum Gasteiger partial charge on any atom is -0.301 e. The lowest BCUT2D eigenvalue weighted by molar-refractivity contribution is -0.116. The minimum absolute atomic E-state index is 0.0493. The summed E-state index contributed by atoms with van der Waals surface area (Å²) in [5.74, 6) is -0.800. The fourth-order valence-electron chi connectivity index (χ4n) is 2.29. The highest BCUT2D eigenvalue weighted by Gasteiger charge is 2.35. The minimum atomic E-state index is -0.336. The van der Waals surface area contributed by atoms with Gasteiger partial charge in [-0.1, -0.05) is 30.4 Å². The summed E-state index contributed by atoms with van der Waals surface area (Å²) in [4.78, 5) is 37.2. The van der Waals surface area contributed by atoms with Gasteiger partial charge in [0.25, 0.3) is 11.8 Å². The first-order chi connectivity index (χ1) is 11.1. The molecule has 0 spiro atoms. The SMILES string of the molecule is CCCC(=O)Nc1nnc(CN2C(=O)c3ccccc3C2=O)s1. The van der Waals surface area contributed by atoms with Crippen molar-refractivity contribution >= 4 is 34.2 Å². The Balaban J connectivity index is 1.72. The van der Waals surface area contributed by atoms with Crippen LogP contribution in [-0.2, 0) is 11.3 Å². The number of nitrogens with one attached hydrogen (secondary N) is 1. The Morgan fingerprint density at radius 2 is 1.83 bits per heavy atom. The van der Waals surface area contributed by atoms with Gasteiger partial charge in [0.2, 0.25) is 11.0 Å². The number of carbonyl (C=O) groups excluding carboxylic acids is 3. The Kier molecular flexibility index (Phi) is 4.16. The Bertz CT molecular complexity index is 752. The monoisotopic (exact) mass is 330 g/mol. The van der Waals surface area contributed by atoms with Crippen LogP contribution in [0.25, 0.3) is 0 Å². The predicted molar refractivity (Wildman–Crippen MR) is 84.1 cm³/mol. The lowest BCUT2D eigenvalue weighted by atomic mass is 10.1. The van der Waals surface area contributed by atoms with Gasteiger partial charge in [0.1, 0.15) is 5.01 Å². The molecule has 3 amide bonds. The Labute approximate surface area is 136 Å². The van der Waals surface area contributed by atoms with Crippen molar-refractivity contribution in [2.24, 2.45) is 0 Å². The molecule has 2 heterocycles. The van der Waals surface area contributed by atoms with Gasteiger partial charge in [-0.15, -0.1) is 10.2 Å². The summed E-state index contributed by atoms with van der Waals surface area (Å²) in [6.45, 7) is 1.96. The predicted octanol–water partition coefficient (Wildman–Crippen LogP) is 2.07. The van der Waals surface area contributed by atoms with Crippen LogP contribution in [0.3, 0.4) is 0 Å². The number of fused-ring (bicyclic) bond motifs is 1. The Morgan fingerprint density at radius 3 is 2.43 bits per heavy atom. The van der Waals surface area contributed by atoms with Crippen molar-refractivity contribution in [2.75, 3.05) is 5.32 Å². The molecule has 2 aromatic rings. The third kappa shape index (κ3) is 2.98. The molecular weight excluding hydrogens is 316 g/mol. The van der Waals surface area contributed by atoms with Crippen molar-refractivity contribution in [1.82, 2.24) is 15.1 Å². The fourth-order valence-corrected chi connectivity index (χ4v) is 3.04. The van der Waals surface area contributed by atoms with Crippen LogP contribution in [0.5, 0.6) is 0 Å². The smallest absolute Gasteiger partial charge is 0.261 e. The number of rotatable bonds is 5. The Hall–Kier alpha value is -2.61. The molecule has 0 fully saturated rings. The summed E-state index contributed by atoms with van der Waals surface area (Å²) < 4.78 is 0. The van der Waals surface area contributed by atoms with E-state index in [1.807, 2.05) is 6.92 Å². The van der Waals surface area contributed by atoms with Crippen molar-refractivity contribution in [3.05, 3.63) is 40.4 Å². The molecule has 1 aliphatic rings. The third-order valence-corrected chi connectivity index (χ3v) is 4.19. The second kappa shape index (κ2) is 6.25. The summed E-state index contributed by atoms with van der Waals surface area (Å²) in [6, 6.07) is 6.71. The van der Waals surface area contributed by atoms with Crippen LogP contribution in [0, 0.1) is 0 Å². The maximum atomic E-state index is 12.3. The van der Waals surface area contributed by atoms with Gasteiger partial charge in [-0.25, -0.2) is 0 Å². The summed E-state index contributed by atoms with van der Waals surface area (Å²) in [5.41, 5.74) is 0.803. The average Bonchev–Trinajstić information content (AvgIpc) is 3.07. The molecule has 118 valence electrons. The number of hydrogen-bond donors (Lipinski definition) is 1. The van der Waals surface area contributed by atoms with Crippen LogP contribution in [-0.4, -0.2) is 32.8 Å². The number of amides is 3. The number of carbonyl (C=O) groups is 3. The second-order valence-electron chi connectivity index (χ2n) is 5.04. The maximum absolute atomic E-state index is 12.3. The summed E-state index contributed by atoms with van der Waals surface area (Å²) in [6.07, 6.45) is 1.15.